The van der Waals surface area contributed by atoms with Crippen LogP contribution in [0.25, 0.3) is 0 Å². The predicted octanol–water partition coefficient (Wildman–Crippen LogP) is 3.35. The Morgan fingerprint density at radius 2 is 1.87 bits per heavy atom. The zero-order valence-electron chi connectivity index (χ0n) is 16.0. The highest BCUT2D eigenvalue weighted by Gasteiger charge is 2.26. The Morgan fingerprint density at radius 1 is 1.20 bits per heavy atom. The van der Waals surface area contributed by atoms with E-state index in [0.717, 1.165) is 22.5 Å². The van der Waals surface area contributed by atoms with E-state index in [9.17, 15) is 22.4 Å². The van der Waals surface area contributed by atoms with Gasteiger partial charge in [-0.15, -0.1) is 0 Å². The third-order valence-corrected chi connectivity index (χ3v) is 6.45. The highest BCUT2D eigenvalue weighted by atomic mass is 35.5. The lowest BCUT2D eigenvalue weighted by atomic mass is 10.2. The lowest BCUT2D eigenvalue weighted by Crippen LogP contribution is -2.31. The minimum atomic E-state index is -4.13. The molecule has 0 aliphatic heterocycles. The molecule has 0 atom stereocenters. The van der Waals surface area contributed by atoms with Crippen LogP contribution in [0, 0.1) is 5.82 Å². The fraction of sp³-hybridized carbons (Fsp3) is 0.278. The van der Waals surface area contributed by atoms with Crippen molar-refractivity contribution in [3.63, 3.8) is 0 Å². The van der Waals surface area contributed by atoms with Crippen molar-refractivity contribution >= 4 is 50.9 Å². The molecule has 1 aromatic heterocycles. The van der Waals surface area contributed by atoms with E-state index in [2.05, 4.69) is 10.3 Å². The number of nitrogens with one attached hydrogen (secondary N) is 1. The van der Waals surface area contributed by atoms with Crippen LogP contribution in [0.1, 0.15) is 24.2 Å². The summed E-state index contributed by atoms with van der Waals surface area (Å²) in [6.07, 6.45) is 1.27. The van der Waals surface area contributed by atoms with Gasteiger partial charge in [-0.1, -0.05) is 37.0 Å². The van der Waals surface area contributed by atoms with E-state index in [1.165, 1.54) is 12.3 Å². The molecule has 30 heavy (non-hydrogen) atoms. The second kappa shape index (κ2) is 10.2. The van der Waals surface area contributed by atoms with Crippen molar-refractivity contribution in [2.45, 2.75) is 18.7 Å². The van der Waals surface area contributed by atoms with E-state index in [-0.39, 0.29) is 34.5 Å². The Morgan fingerprint density at radius 3 is 2.47 bits per heavy atom. The number of anilines is 1. The van der Waals surface area contributed by atoms with Crippen LogP contribution in [0.5, 0.6) is 0 Å². The van der Waals surface area contributed by atoms with Crippen LogP contribution in [0.3, 0.4) is 0 Å². The zero-order chi connectivity index (χ0) is 22.5. The van der Waals surface area contributed by atoms with Gasteiger partial charge < -0.3 is 10.1 Å². The Bertz CT molecular complexity index is 1060. The molecule has 0 fully saturated rings. The monoisotopic (exact) mass is 477 g/mol. The van der Waals surface area contributed by atoms with Crippen molar-refractivity contribution in [2.75, 3.05) is 25.0 Å². The number of carbonyl (C=O) groups is 2. The van der Waals surface area contributed by atoms with Crippen LogP contribution in [0.15, 0.2) is 35.4 Å². The molecule has 0 aliphatic rings. The molecule has 0 aliphatic carbocycles. The molecule has 0 saturated carbocycles. The third kappa shape index (κ3) is 5.66. The van der Waals surface area contributed by atoms with Crippen molar-refractivity contribution in [1.29, 1.82) is 0 Å². The van der Waals surface area contributed by atoms with Crippen molar-refractivity contribution in [1.82, 2.24) is 9.29 Å². The van der Waals surface area contributed by atoms with Crippen LogP contribution < -0.4 is 5.32 Å². The van der Waals surface area contributed by atoms with Crippen LogP contribution >= 0.6 is 23.2 Å². The van der Waals surface area contributed by atoms with Crippen molar-refractivity contribution in [3.8, 4) is 0 Å². The molecule has 12 heteroatoms. The van der Waals surface area contributed by atoms with Gasteiger partial charge in [-0.05, 0) is 24.3 Å². The second-order valence-electron chi connectivity index (χ2n) is 5.84. The zero-order valence-corrected chi connectivity index (χ0v) is 18.3. The topological polar surface area (TPSA) is 106 Å². The first-order valence-electron chi connectivity index (χ1n) is 8.67. The average Bonchev–Trinajstić information content (AvgIpc) is 2.69. The third-order valence-electron chi connectivity index (χ3n) is 3.89. The molecule has 1 amide bonds. The summed E-state index contributed by atoms with van der Waals surface area (Å²) in [5.41, 5.74) is -0.224. The number of amides is 1. The quantitative estimate of drug-likeness (QED) is 0.584. The first-order chi connectivity index (χ1) is 14.1. The highest BCUT2D eigenvalue weighted by Crippen LogP contribution is 2.23. The number of ether oxygens (including phenoxy) is 1. The van der Waals surface area contributed by atoms with Gasteiger partial charge >= 0.3 is 5.97 Å². The maximum absolute atomic E-state index is 14.1. The molecule has 0 bridgehead atoms. The van der Waals surface area contributed by atoms with E-state index in [1.54, 1.807) is 13.8 Å². The molecule has 8 nitrogen and oxygen atoms in total. The Labute approximate surface area is 183 Å². The lowest BCUT2D eigenvalue weighted by Gasteiger charge is -2.19. The Balaban J connectivity index is 2.11. The molecular formula is C18H18Cl2FN3O5S. The fourth-order valence-corrected chi connectivity index (χ4v) is 4.40. The number of pyridine rings is 1. The lowest BCUT2D eigenvalue weighted by molar-refractivity contribution is -0.119. The molecule has 0 radical (unpaired) electrons. The first kappa shape index (κ1) is 24.0. The Kier molecular flexibility index (Phi) is 8.13. The summed E-state index contributed by atoms with van der Waals surface area (Å²) < 4.78 is 45.2. The largest absolute Gasteiger partial charge is 0.452 e. The molecule has 2 aromatic rings. The Hall–Kier alpha value is -2.27. The van der Waals surface area contributed by atoms with Gasteiger partial charge in [0.15, 0.2) is 12.4 Å². The molecule has 162 valence electrons. The van der Waals surface area contributed by atoms with Crippen LogP contribution in [0.2, 0.25) is 10.0 Å². The van der Waals surface area contributed by atoms with Gasteiger partial charge in [0.1, 0.15) is 10.7 Å². The molecule has 1 N–H and O–H groups in total. The summed E-state index contributed by atoms with van der Waals surface area (Å²) in [7, 11) is -4.13. The van der Waals surface area contributed by atoms with E-state index in [0.29, 0.717) is 0 Å². The standard InChI is InChI=1S/C18H18Cl2FN3O5S/c1-3-24(4-2)30(27,28)15-7-11(5-6-14(15)21)18(26)29-10-16(25)23-17-13(20)8-12(19)9-22-17/h5-9H,3-4,10H2,1-2H3,(H,22,23,25). The van der Waals surface area contributed by atoms with Gasteiger partial charge in [-0.2, -0.15) is 4.31 Å². The summed E-state index contributed by atoms with van der Waals surface area (Å²) in [6.45, 7) is 2.78. The van der Waals surface area contributed by atoms with E-state index < -0.39 is 39.2 Å². The van der Waals surface area contributed by atoms with Crippen molar-refractivity contribution in [2.24, 2.45) is 0 Å². The van der Waals surface area contributed by atoms with Gasteiger partial charge in [-0.3, -0.25) is 4.79 Å². The number of esters is 1. The van der Waals surface area contributed by atoms with Gasteiger partial charge in [0.05, 0.1) is 15.6 Å². The minimum Gasteiger partial charge on any atom is -0.452 e. The summed E-state index contributed by atoms with van der Waals surface area (Å²) >= 11 is 11.6. The highest BCUT2D eigenvalue weighted by molar-refractivity contribution is 7.89. The van der Waals surface area contributed by atoms with E-state index in [4.69, 9.17) is 27.9 Å². The van der Waals surface area contributed by atoms with Gasteiger partial charge in [-0.25, -0.2) is 22.6 Å². The molecule has 0 spiro atoms. The smallest absolute Gasteiger partial charge is 0.338 e. The summed E-state index contributed by atoms with van der Waals surface area (Å²) in [6, 6.07) is 4.16. The number of aromatic nitrogens is 1. The molecule has 1 aromatic carbocycles. The average molecular weight is 478 g/mol. The SMILES string of the molecule is CCN(CC)S(=O)(=O)c1cc(C(=O)OCC(=O)Nc2ncc(Cl)cc2Cl)ccc1F. The molecule has 0 saturated heterocycles. The number of benzene rings is 1. The van der Waals surface area contributed by atoms with Gasteiger partial charge in [0.2, 0.25) is 10.0 Å². The van der Waals surface area contributed by atoms with Gasteiger partial charge in [0, 0.05) is 19.3 Å². The van der Waals surface area contributed by atoms with E-state index in [1.807, 2.05) is 0 Å². The summed E-state index contributed by atoms with van der Waals surface area (Å²) in [4.78, 5) is 27.4. The van der Waals surface area contributed by atoms with Gasteiger partial charge in [0.25, 0.3) is 5.91 Å². The molecule has 0 unspecified atom stereocenters. The fourth-order valence-electron chi connectivity index (χ4n) is 2.42. The number of rotatable bonds is 8. The van der Waals surface area contributed by atoms with Crippen LogP contribution in [0.4, 0.5) is 10.2 Å². The number of sulfonamides is 1. The first-order valence-corrected chi connectivity index (χ1v) is 10.9. The normalized spacial score (nSPS) is 11.4. The number of carbonyl (C=O) groups excluding carboxylic acids is 2. The summed E-state index contributed by atoms with van der Waals surface area (Å²) in [5.74, 6) is -2.72. The van der Waals surface area contributed by atoms with Crippen molar-refractivity contribution < 1.29 is 27.1 Å². The maximum atomic E-state index is 14.1. The molecular weight excluding hydrogens is 460 g/mol. The summed E-state index contributed by atoms with van der Waals surface area (Å²) in [5, 5.41) is 2.70. The molecule has 2 rings (SSSR count). The minimum absolute atomic E-state index is 0.0245. The van der Waals surface area contributed by atoms with Crippen LogP contribution in [-0.2, 0) is 19.6 Å². The van der Waals surface area contributed by atoms with Crippen molar-refractivity contribution in [3.05, 3.63) is 51.9 Å². The predicted molar refractivity (Wildman–Crippen MR) is 110 cm³/mol. The molecule has 1 heterocycles. The number of hydrogen-bond acceptors (Lipinski definition) is 6. The second-order valence-corrected chi connectivity index (χ2v) is 8.59. The maximum Gasteiger partial charge on any atom is 0.338 e. The van der Waals surface area contributed by atoms with E-state index >= 15 is 0 Å². The number of hydrogen-bond donors (Lipinski definition) is 1. The number of nitrogens with zero attached hydrogens (tertiary/aromatic N) is 2. The number of halogens is 3. The van der Waals surface area contributed by atoms with Crippen LogP contribution in [-0.4, -0.2) is 49.3 Å².